The van der Waals surface area contributed by atoms with Gasteiger partial charge < -0.3 is 5.73 Å². The minimum Gasteiger partial charge on any atom is -0.318 e. The van der Waals surface area contributed by atoms with E-state index in [-0.39, 0.29) is 5.75 Å². The summed E-state index contributed by atoms with van der Waals surface area (Å²) in [7, 11) is 0. The van der Waals surface area contributed by atoms with Crippen LogP contribution in [0.2, 0.25) is 0 Å². The molecule has 2 N–H and O–H groups in total. The number of hydrogen-bond donors (Lipinski definition) is 2. The van der Waals surface area contributed by atoms with Crippen LogP contribution in [0.25, 0.3) is 0 Å². The van der Waals surface area contributed by atoms with Crippen LogP contribution in [0.3, 0.4) is 0 Å². The quantitative estimate of drug-likeness (QED) is 0.342. The van der Waals surface area contributed by atoms with E-state index in [2.05, 4.69) is 22.4 Å². The normalized spacial score (nSPS) is 12.7. The van der Waals surface area contributed by atoms with Crippen LogP contribution in [0, 0.1) is 0 Å². The van der Waals surface area contributed by atoms with Crippen LogP contribution in [0.1, 0.15) is 6.92 Å². The monoisotopic (exact) mass is 165 g/mol. The van der Waals surface area contributed by atoms with Gasteiger partial charge in [-0.15, -0.1) is 0 Å². The molecular formula is C5H11NO3S. The van der Waals surface area contributed by atoms with E-state index < -0.39 is 12.0 Å². The summed E-state index contributed by atoms with van der Waals surface area (Å²) in [5.41, 5.74) is 5.23. The molecule has 0 fully saturated rings. The van der Waals surface area contributed by atoms with Crippen LogP contribution in [-0.2, 0) is 14.6 Å². The van der Waals surface area contributed by atoms with Gasteiger partial charge in [-0.05, 0) is 6.92 Å². The van der Waals surface area contributed by atoms with Crippen LogP contribution in [-0.4, -0.2) is 24.4 Å². The van der Waals surface area contributed by atoms with Crippen LogP contribution in [0.15, 0.2) is 0 Å². The average molecular weight is 165 g/mol. The zero-order valence-corrected chi connectivity index (χ0v) is 6.64. The topological polar surface area (TPSA) is 61.5 Å². The highest BCUT2D eigenvalue weighted by Gasteiger charge is 2.13. The minimum atomic E-state index is -0.699. The van der Waals surface area contributed by atoms with Crippen molar-refractivity contribution >= 4 is 18.6 Å². The summed E-state index contributed by atoms with van der Waals surface area (Å²) in [6.07, 6.45) is 0. The first kappa shape index (κ1) is 9.74. The number of hydrogen-bond acceptors (Lipinski definition) is 5. The molecule has 10 heavy (non-hydrogen) atoms. The van der Waals surface area contributed by atoms with Gasteiger partial charge in [0.2, 0.25) is 0 Å². The Labute approximate surface area is 65.0 Å². The molecule has 0 radical (unpaired) electrons. The van der Waals surface area contributed by atoms with Crippen molar-refractivity contribution in [3.63, 3.8) is 0 Å². The molecule has 1 unspecified atom stereocenters. The number of carbonyl (C=O) groups is 1. The Balaban J connectivity index is 3.42. The summed E-state index contributed by atoms with van der Waals surface area (Å²) >= 11 is 3.80. The number of rotatable bonds is 4. The SMILES string of the molecule is CCOOC(=O)C(N)CS. The molecule has 0 aliphatic heterocycles. The van der Waals surface area contributed by atoms with Gasteiger partial charge >= 0.3 is 5.97 Å². The standard InChI is InChI=1S/C5H11NO3S/c1-2-8-9-5(7)4(6)3-10/h4,10H,2-3,6H2,1H3. The van der Waals surface area contributed by atoms with Crippen molar-refractivity contribution in [2.24, 2.45) is 5.73 Å². The Morgan fingerprint density at radius 3 is 2.80 bits per heavy atom. The van der Waals surface area contributed by atoms with E-state index >= 15 is 0 Å². The zero-order valence-electron chi connectivity index (χ0n) is 5.74. The van der Waals surface area contributed by atoms with Crippen LogP contribution < -0.4 is 5.73 Å². The first-order valence-corrected chi connectivity index (χ1v) is 3.55. The second-order valence-corrected chi connectivity index (χ2v) is 1.96. The molecular weight excluding hydrogens is 154 g/mol. The van der Waals surface area contributed by atoms with E-state index in [1.807, 2.05) is 0 Å². The molecule has 4 nitrogen and oxygen atoms in total. The van der Waals surface area contributed by atoms with Gasteiger partial charge in [-0.3, -0.25) is 4.89 Å². The second-order valence-electron chi connectivity index (χ2n) is 1.60. The summed E-state index contributed by atoms with van der Waals surface area (Å²) in [6.45, 7) is 2.03. The lowest BCUT2D eigenvalue weighted by molar-refractivity contribution is -0.270. The molecule has 0 aromatic carbocycles. The van der Waals surface area contributed by atoms with Gasteiger partial charge in [0.05, 0.1) is 6.61 Å². The Bertz CT molecular complexity index is 109. The Morgan fingerprint density at radius 2 is 2.40 bits per heavy atom. The molecule has 0 rings (SSSR count). The smallest absolute Gasteiger partial charge is 0.318 e. The molecule has 0 aromatic rings. The molecule has 0 aliphatic carbocycles. The molecule has 60 valence electrons. The molecule has 0 saturated heterocycles. The molecule has 1 atom stereocenters. The lowest BCUT2D eigenvalue weighted by atomic mass is 10.4. The Hall–Kier alpha value is -0.260. The summed E-state index contributed by atoms with van der Waals surface area (Å²) in [4.78, 5) is 19.2. The number of thiol groups is 1. The minimum absolute atomic E-state index is 0.256. The molecule has 5 heteroatoms. The van der Waals surface area contributed by atoms with Crippen molar-refractivity contribution in [3.8, 4) is 0 Å². The predicted octanol–water partition coefficient (Wildman–Crippen LogP) is -0.262. The van der Waals surface area contributed by atoms with Crippen molar-refractivity contribution < 1.29 is 14.6 Å². The Kier molecular flexibility index (Phi) is 5.38. The molecule has 0 spiro atoms. The van der Waals surface area contributed by atoms with Gasteiger partial charge in [0.15, 0.2) is 0 Å². The summed E-state index contributed by atoms with van der Waals surface area (Å²) in [5.74, 6) is -0.330. The van der Waals surface area contributed by atoms with E-state index in [4.69, 9.17) is 5.73 Å². The molecule has 0 aliphatic rings. The second kappa shape index (κ2) is 5.52. The van der Waals surface area contributed by atoms with E-state index in [1.54, 1.807) is 6.92 Å². The largest absolute Gasteiger partial charge is 0.359 e. The molecule has 0 saturated carbocycles. The van der Waals surface area contributed by atoms with E-state index in [0.29, 0.717) is 6.61 Å². The van der Waals surface area contributed by atoms with Crippen LogP contribution in [0.4, 0.5) is 0 Å². The van der Waals surface area contributed by atoms with E-state index in [9.17, 15) is 4.79 Å². The van der Waals surface area contributed by atoms with Gasteiger partial charge in [-0.2, -0.15) is 17.5 Å². The maximum atomic E-state index is 10.6. The first-order valence-electron chi connectivity index (χ1n) is 2.92. The lowest BCUT2D eigenvalue weighted by Crippen LogP contribution is -2.33. The van der Waals surface area contributed by atoms with Gasteiger partial charge in [0, 0.05) is 5.75 Å². The Morgan fingerprint density at radius 1 is 1.80 bits per heavy atom. The number of carbonyl (C=O) groups excluding carboxylic acids is 1. The third-order valence-electron chi connectivity index (χ3n) is 0.758. The predicted molar refractivity (Wildman–Crippen MR) is 39.5 cm³/mol. The summed E-state index contributed by atoms with van der Waals surface area (Å²) in [6, 6.07) is -0.699. The first-order chi connectivity index (χ1) is 4.72. The fourth-order valence-corrected chi connectivity index (χ4v) is 0.402. The van der Waals surface area contributed by atoms with Crippen molar-refractivity contribution in [2.75, 3.05) is 12.4 Å². The van der Waals surface area contributed by atoms with Crippen LogP contribution >= 0.6 is 12.6 Å². The molecule has 0 heterocycles. The van der Waals surface area contributed by atoms with Crippen molar-refractivity contribution in [1.82, 2.24) is 0 Å². The highest BCUT2D eigenvalue weighted by atomic mass is 32.1. The summed E-state index contributed by atoms with van der Waals surface area (Å²) in [5, 5.41) is 0. The fraction of sp³-hybridized carbons (Fsp3) is 0.800. The average Bonchev–Trinajstić information content (AvgIpc) is 1.98. The zero-order chi connectivity index (χ0) is 7.98. The highest BCUT2D eigenvalue weighted by Crippen LogP contribution is 1.88. The highest BCUT2D eigenvalue weighted by molar-refractivity contribution is 7.80. The van der Waals surface area contributed by atoms with Crippen LogP contribution in [0.5, 0.6) is 0 Å². The van der Waals surface area contributed by atoms with Gasteiger partial charge in [-0.1, -0.05) is 0 Å². The van der Waals surface area contributed by atoms with E-state index in [0.717, 1.165) is 0 Å². The molecule has 0 bridgehead atoms. The molecule has 0 aromatic heterocycles. The maximum Gasteiger partial charge on any atom is 0.359 e. The van der Waals surface area contributed by atoms with Crippen molar-refractivity contribution in [1.29, 1.82) is 0 Å². The summed E-state index contributed by atoms with van der Waals surface area (Å²) < 4.78 is 0. The van der Waals surface area contributed by atoms with Gasteiger partial charge in [-0.25, -0.2) is 4.79 Å². The number of nitrogens with two attached hydrogens (primary N) is 1. The van der Waals surface area contributed by atoms with E-state index in [1.165, 1.54) is 0 Å². The third kappa shape index (κ3) is 3.71. The fourth-order valence-electron chi connectivity index (χ4n) is 0.253. The van der Waals surface area contributed by atoms with Crippen molar-refractivity contribution in [2.45, 2.75) is 13.0 Å². The van der Waals surface area contributed by atoms with Gasteiger partial charge in [0.1, 0.15) is 6.04 Å². The molecule has 0 amide bonds. The van der Waals surface area contributed by atoms with Gasteiger partial charge in [0.25, 0.3) is 0 Å². The third-order valence-corrected chi connectivity index (χ3v) is 1.15. The van der Waals surface area contributed by atoms with Crippen molar-refractivity contribution in [3.05, 3.63) is 0 Å². The maximum absolute atomic E-state index is 10.6. The lowest BCUT2D eigenvalue weighted by Gasteiger charge is -2.05.